The van der Waals surface area contributed by atoms with Gasteiger partial charge in [0.25, 0.3) is 5.56 Å². The van der Waals surface area contributed by atoms with Crippen molar-refractivity contribution >= 4 is 11.9 Å². The Kier molecular flexibility index (Phi) is 5.36. The summed E-state index contributed by atoms with van der Waals surface area (Å²) in [6.45, 7) is 5.52. The smallest absolute Gasteiger partial charge is 0.350 e. The molecular formula is C16H21FN2O7. The summed E-state index contributed by atoms with van der Waals surface area (Å²) >= 11 is 0. The van der Waals surface area contributed by atoms with Crippen molar-refractivity contribution in [2.45, 2.75) is 58.0 Å². The summed E-state index contributed by atoms with van der Waals surface area (Å²) in [5.74, 6) is -2.46. The molecule has 1 N–H and O–H groups in total. The van der Waals surface area contributed by atoms with E-state index >= 15 is 0 Å². The van der Waals surface area contributed by atoms with E-state index < -0.39 is 46.4 Å². The van der Waals surface area contributed by atoms with Crippen molar-refractivity contribution in [2.75, 3.05) is 6.61 Å². The van der Waals surface area contributed by atoms with Crippen molar-refractivity contribution in [3.63, 3.8) is 0 Å². The largest absolute Gasteiger partial charge is 0.460 e. The van der Waals surface area contributed by atoms with E-state index in [0.29, 0.717) is 12.8 Å². The highest BCUT2D eigenvalue weighted by molar-refractivity contribution is 5.82. The molecule has 1 fully saturated rings. The van der Waals surface area contributed by atoms with Crippen LogP contribution in [0.5, 0.6) is 0 Å². The molecule has 1 aromatic rings. The van der Waals surface area contributed by atoms with E-state index in [1.54, 1.807) is 6.92 Å². The van der Waals surface area contributed by atoms with Gasteiger partial charge in [0.15, 0.2) is 0 Å². The molecule has 2 rings (SSSR count). The second-order valence-electron chi connectivity index (χ2n) is 6.88. The zero-order chi connectivity index (χ0) is 19.7. The fourth-order valence-corrected chi connectivity index (χ4v) is 2.64. The average molecular weight is 372 g/mol. The second-order valence-corrected chi connectivity index (χ2v) is 6.88. The Balaban J connectivity index is 2.04. The number of aromatic amines is 1. The standard InChI is InChI=1S/C16H21FN2O7/c1-9(20)25-15(2,3)13(22)24-8-16(4)6-5-11(26-16)19-7-10(17)12(21)18-14(19)23/h7,11H,5-6,8H2,1-4H3,(H,18,21,23)/t11-,16+/m1/s1. The fraction of sp³-hybridized carbons (Fsp3) is 0.625. The van der Waals surface area contributed by atoms with Gasteiger partial charge < -0.3 is 14.2 Å². The molecule has 0 unspecified atom stereocenters. The number of nitrogens with zero attached hydrogens (tertiary/aromatic N) is 1. The van der Waals surface area contributed by atoms with Crippen LogP contribution in [-0.2, 0) is 23.8 Å². The second kappa shape index (κ2) is 7.02. The number of nitrogens with one attached hydrogen (secondary N) is 1. The topological polar surface area (TPSA) is 117 Å². The van der Waals surface area contributed by atoms with Crippen LogP contribution in [-0.4, -0.2) is 39.3 Å². The summed E-state index contributed by atoms with van der Waals surface area (Å²) in [6.07, 6.45) is 0.755. The molecule has 0 saturated carbocycles. The lowest BCUT2D eigenvalue weighted by Gasteiger charge is -2.28. The van der Waals surface area contributed by atoms with Gasteiger partial charge in [-0.15, -0.1) is 0 Å². The summed E-state index contributed by atoms with van der Waals surface area (Å²) in [5.41, 5.74) is -4.26. The van der Waals surface area contributed by atoms with Crippen molar-refractivity contribution in [2.24, 2.45) is 0 Å². The third-order valence-electron chi connectivity index (χ3n) is 3.97. The molecule has 2 heterocycles. The number of carbonyl (C=O) groups is 2. The van der Waals surface area contributed by atoms with Gasteiger partial charge in [-0.2, -0.15) is 4.39 Å². The summed E-state index contributed by atoms with van der Waals surface area (Å²) in [7, 11) is 0. The Morgan fingerprint density at radius 1 is 1.46 bits per heavy atom. The Morgan fingerprint density at radius 3 is 2.73 bits per heavy atom. The first-order valence-electron chi connectivity index (χ1n) is 7.99. The van der Waals surface area contributed by atoms with Crippen LogP contribution in [0.3, 0.4) is 0 Å². The van der Waals surface area contributed by atoms with E-state index in [2.05, 4.69) is 0 Å². The van der Waals surface area contributed by atoms with E-state index in [4.69, 9.17) is 14.2 Å². The molecule has 10 heteroatoms. The van der Waals surface area contributed by atoms with Gasteiger partial charge in [-0.25, -0.2) is 9.59 Å². The molecule has 2 atom stereocenters. The van der Waals surface area contributed by atoms with Crippen LogP contribution in [0.2, 0.25) is 0 Å². The van der Waals surface area contributed by atoms with Crippen LogP contribution in [0.25, 0.3) is 0 Å². The maximum Gasteiger partial charge on any atom is 0.350 e. The number of ether oxygens (including phenoxy) is 3. The lowest BCUT2D eigenvalue weighted by Crippen LogP contribution is -2.42. The number of rotatable bonds is 5. The van der Waals surface area contributed by atoms with Crippen molar-refractivity contribution in [3.05, 3.63) is 32.9 Å². The first kappa shape index (κ1) is 19.8. The fourth-order valence-electron chi connectivity index (χ4n) is 2.64. The van der Waals surface area contributed by atoms with Crippen molar-refractivity contribution in [3.8, 4) is 0 Å². The predicted molar refractivity (Wildman–Crippen MR) is 85.8 cm³/mol. The molecule has 1 aromatic heterocycles. The van der Waals surface area contributed by atoms with E-state index in [9.17, 15) is 23.6 Å². The van der Waals surface area contributed by atoms with Gasteiger partial charge in [0.1, 0.15) is 18.4 Å². The SMILES string of the molecule is CC(=O)OC(C)(C)C(=O)OC[C@]1(C)CC[C@H](n2cc(F)c(=O)[nH]c2=O)O1. The highest BCUT2D eigenvalue weighted by Gasteiger charge is 2.41. The number of aromatic nitrogens is 2. The Bertz CT molecular complexity index is 829. The quantitative estimate of drug-likeness (QED) is 0.753. The van der Waals surface area contributed by atoms with E-state index in [-0.39, 0.29) is 6.61 Å². The molecule has 1 aliphatic rings. The van der Waals surface area contributed by atoms with E-state index in [1.165, 1.54) is 20.8 Å². The first-order valence-corrected chi connectivity index (χ1v) is 7.99. The first-order chi connectivity index (χ1) is 11.9. The lowest BCUT2D eigenvalue weighted by molar-refractivity contribution is -0.184. The number of halogens is 1. The molecule has 0 amide bonds. The minimum atomic E-state index is -1.45. The number of carbonyl (C=O) groups excluding carboxylic acids is 2. The minimum absolute atomic E-state index is 0.145. The highest BCUT2D eigenvalue weighted by atomic mass is 19.1. The van der Waals surface area contributed by atoms with Crippen LogP contribution in [0.4, 0.5) is 4.39 Å². The number of H-pyrrole nitrogens is 1. The molecule has 0 aliphatic carbocycles. The molecule has 1 saturated heterocycles. The number of esters is 2. The summed E-state index contributed by atoms with van der Waals surface area (Å²) in [6, 6.07) is 0. The van der Waals surface area contributed by atoms with Crippen LogP contribution in [0.1, 0.15) is 46.8 Å². The molecule has 0 radical (unpaired) electrons. The Labute approximate surface area is 148 Å². The van der Waals surface area contributed by atoms with Gasteiger partial charge in [0.2, 0.25) is 11.4 Å². The maximum absolute atomic E-state index is 13.4. The maximum atomic E-state index is 13.4. The zero-order valence-electron chi connectivity index (χ0n) is 15.0. The third-order valence-corrected chi connectivity index (χ3v) is 3.97. The van der Waals surface area contributed by atoms with Gasteiger partial charge in [-0.05, 0) is 33.6 Å². The summed E-state index contributed by atoms with van der Waals surface area (Å²) in [5, 5.41) is 0. The van der Waals surface area contributed by atoms with Gasteiger partial charge in [0.05, 0.1) is 6.20 Å². The van der Waals surface area contributed by atoms with Crippen molar-refractivity contribution in [1.29, 1.82) is 0 Å². The van der Waals surface area contributed by atoms with Gasteiger partial charge in [-0.3, -0.25) is 19.1 Å². The van der Waals surface area contributed by atoms with Crippen LogP contribution >= 0.6 is 0 Å². The summed E-state index contributed by atoms with van der Waals surface area (Å²) in [4.78, 5) is 47.9. The zero-order valence-corrected chi connectivity index (χ0v) is 15.0. The predicted octanol–water partition coefficient (Wildman–Crippen LogP) is 0.628. The van der Waals surface area contributed by atoms with Gasteiger partial charge in [0, 0.05) is 6.92 Å². The van der Waals surface area contributed by atoms with E-state index in [0.717, 1.165) is 10.8 Å². The average Bonchev–Trinajstić information content (AvgIpc) is 2.90. The molecule has 0 bridgehead atoms. The molecule has 0 spiro atoms. The third kappa shape index (κ3) is 4.37. The lowest BCUT2D eigenvalue weighted by atomic mass is 10.0. The molecule has 0 aromatic carbocycles. The molecule has 1 aliphatic heterocycles. The van der Waals surface area contributed by atoms with Crippen LogP contribution < -0.4 is 11.2 Å². The normalized spacial score (nSPS) is 22.9. The van der Waals surface area contributed by atoms with Crippen molar-refractivity contribution in [1.82, 2.24) is 9.55 Å². The monoisotopic (exact) mass is 372 g/mol. The molecular weight excluding hydrogens is 351 g/mol. The van der Waals surface area contributed by atoms with E-state index in [1.807, 2.05) is 4.98 Å². The summed E-state index contributed by atoms with van der Waals surface area (Å²) < 4.78 is 30.2. The Morgan fingerprint density at radius 2 is 2.12 bits per heavy atom. The van der Waals surface area contributed by atoms with Gasteiger partial charge >= 0.3 is 17.6 Å². The number of hydrogen-bond acceptors (Lipinski definition) is 7. The number of hydrogen-bond donors (Lipinski definition) is 1. The van der Waals surface area contributed by atoms with Crippen LogP contribution in [0, 0.1) is 5.82 Å². The highest BCUT2D eigenvalue weighted by Crippen LogP contribution is 2.36. The van der Waals surface area contributed by atoms with Crippen molar-refractivity contribution < 1.29 is 28.2 Å². The van der Waals surface area contributed by atoms with Crippen LogP contribution in [0.15, 0.2) is 15.8 Å². The van der Waals surface area contributed by atoms with Gasteiger partial charge in [-0.1, -0.05) is 0 Å². The minimum Gasteiger partial charge on any atom is -0.460 e. The Hall–Kier alpha value is -2.49. The molecule has 9 nitrogen and oxygen atoms in total. The molecule has 26 heavy (non-hydrogen) atoms. The molecule has 144 valence electrons.